The topological polar surface area (TPSA) is 75.2 Å². The highest BCUT2D eigenvalue weighted by molar-refractivity contribution is 5.98. The molecular formula is C24H23N3O4. The molecule has 0 bridgehead atoms. The van der Waals surface area contributed by atoms with Crippen molar-refractivity contribution in [2.45, 2.75) is 13.8 Å². The van der Waals surface area contributed by atoms with Crippen LogP contribution in [0.3, 0.4) is 0 Å². The zero-order chi connectivity index (χ0) is 22.3. The normalized spacial score (nSPS) is 11.1. The van der Waals surface area contributed by atoms with E-state index in [4.69, 9.17) is 4.74 Å². The van der Waals surface area contributed by atoms with Gasteiger partial charge in [-0.1, -0.05) is 42.0 Å². The predicted octanol–water partition coefficient (Wildman–Crippen LogP) is 3.18. The van der Waals surface area contributed by atoms with Crippen molar-refractivity contribution in [3.05, 3.63) is 86.7 Å². The van der Waals surface area contributed by atoms with Crippen LogP contribution in [0, 0.1) is 6.92 Å². The Morgan fingerprint density at radius 3 is 2.32 bits per heavy atom. The molecule has 4 rings (SSSR count). The number of para-hydroxylation sites is 1. The smallest absolute Gasteiger partial charge is 0.340 e. The average molecular weight is 417 g/mol. The van der Waals surface area contributed by atoms with Crippen LogP contribution in [-0.2, 0) is 18.8 Å². The van der Waals surface area contributed by atoms with Crippen molar-refractivity contribution in [2.24, 2.45) is 14.1 Å². The van der Waals surface area contributed by atoms with Crippen molar-refractivity contribution in [3.63, 3.8) is 0 Å². The van der Waals surface area contributed by atoms with Crippen molar-refractivity contribution in [1.82, 2.24) is 13.7 Å². The summed E-state index contributed by atoms with van der Waals surface area (Å²) in [6, 6.07) is 14.8. The molecule has 0 radical (unpaired) electrons. The second-order valence-corrected chi connectivity index (χ2v) is 7.42. The number of hydrogen-bond acceptors (Lipinski definition) is 4. The van der Waals surface area contributed by atoms with E-state index in [2.05, 4.69) is 0 Å². The Labute approximate surface area is 178 Å². The number of carbonyl (C=O) groups excluding carboxylic acids is 1. The van der Waals surface area contributed by atoms with Crippen LogP contribution in [0.25, 0.3) is 27.8 Å². The molecular weight excluding hydrogens is 394 g/mol. The maximum Gasteiger partial charge on any atom is 0.340 e. The zero-order valence-corrected chi connectivity index (χ0v) is 17.9. The quantitative estimate of drug-likeness (QED) is 0.478. The fourth-order valence-corrected chi connectivity index (χ4v) is 3.79. The van der Waals surface area contributed by atoms with E-state index in [1.807, 2.05) is 37.3 Å². The molecule has 7 heteroatoms. The number of aromatic nitrogens is 3. The van der Waals surface area contributed by atoms with Crippen LogP contribution >= 0.6 is 0 Å². The summed E-state index contributed by atoms with van der Waals surface area (Å²) in [4.78, 5) is 38.3. The molecule has 31 heavy (non-hydrogen) atoms. The number of benzene rings is 2. The molecule has 2 heterocycles. The van der Waals surface area contributed by atoms with Gasteiger partial charge in [0.25, 0.3) is 5.56 Å². The van der Waals surface area contributed by atoms with Gasteiger partial charge in [-0.25, -0.2) is 9.59 Å². The highest BCUT2D eigenvalue weighted by atomic mass is 16.5. The van der Waals surface area contributed by atoms with E-state index in [1.54, 1.807) is 42.9 Å². The van der Waals surface area contributed by atoms with Gasteiger partial charge in [-0.3, -0.25) is 13.9 Å². The van der Waals surface area contributed by atoms with Gasteiger partial charge in [0.05, 0.1) is 34.5 Å². The molecule has 158 valence electrons. The number of carbonyl (C=O) groups is 1. The lowest BCUT2D eigenvalue weighted by Crippen LogP contribution is -2.36. The third-order valence-corrected chi connectivity index (χ3v) is 5.42. The molecule has 0 saturated heterocycles. The Balaban J connectivity index is 2.16. The van der Waals surface area contributed by atoms with E-state index in [0.717, 1.165) is 15.7 Å². The molecule has 0 atom stereocenters. The highest BCUT2D eigenvalue weighted by Crippen LogP contribution is 2.32. The molecule has 0 fully saturated rings. The standard InChI is InChI=1S/C24H23N3O4/c1-5-31-23(29)17-8-6-7-9-18(17)27-14-19-20(22(28)26(4)24(30)25(19)3)21(27)16-12-10-15(2)11-13-16/h6-14H,5H2,1-4H3. The minimum absolute atomic E-state index is 0.251. The van der Waals surface area contributed by atoms with Crippen molar-refractivity contribution < 1.29 is 9.53 Å². The maximum absolute atomic E-state index is 13.2. The van der Waals surface area contributed by atoms with Crippen molar-refractivity contribution in [3.8, 4) is 16.9 Å². The lowest BCUT2D eigenvalue weighted by Gasteiger charge is -2.14. The van der Waals surface area contributed by atoms with Gasteiger partial charge < -0.3 is 9.30 Å². The number of rotatable bonds is 4. The Morgan fingerprint density at radius 2 is 1.65 bits per heavy atom. The van der Waals surface area contributed by atoms with E-state index in [0.29, 0.717) is 27.8 Å². The molecule has 0 aliphatic rings. The van der Waals surface area contributed by atoms with Crippen LogP contribution in [0.15, 0.2) is 64.3 Å². The molecule has 0 N–H and O–H groups in total. The summed E-state index contributed by atoms with van der Waals surface area (Å²) in [7, 11) is 3.09. The molecule has 2 aromatic carbocycles. The second-order valence-electron chi connectivity index (χ2n) is 7.42. The largest absolute Gasteiger partial charge is 0.462 e. The fourth-order valence-electron chi connectivity index (χ4n) is 3.79. The van der Waals surface area contributed by atoms with Gasteiger partial charge in [0, 0.05) is 20.3 Å². The maximum atomic E-state index is 13.2. The van der Waals surface area contributed by atoms with Gasteiger partial charge in [-0.15, -0.1) is 0 Å². The van der Waals surface area contributed by atoms with Crippen LogP contribution in [-0.4, -0.2) is 26.3 Å². The zero-order valence-electron chi connectivity index (χ0n) is 17.9. The van der Waals surface area contributed by atoms with Crippen molar-refractivity contribution in [2.75, 3.05) is 6.61 Å². The van der Waals surface area contributed by atoms with Crippen molar-refractivity contribution >= 4 is 16.9 Å². The molecule has 2 aromatic heterocycles. The van der Waals surface area contributed by atoms with Crippen LogP contribution in [0.4, 0.5) is 0 Å². The first-order valence-electron chi connectivity index (χ1n) is 9.99. The van der Waals surface area contributed by atoms with Gasteiger partial charge in [0.15, 0.2) is 0 Å². The first kappa shape index (κ1) is 20.4. The van der Waals surface area contributed by atoms with E-state index >= 15 is 0 Å². The number of hydrogen-bond donors (Lipinski definition) is 0. The third kappa shape index (κ3) is 3.28. The summed E-state index contributed by atoms with van der Waals surface area (Å²) in [6.07, 6.45) is 1.73. The first-order chi connectivity index (χ1) is 14.8. The summed E-state index contributed by atoms with van der Waals surface area (Å²) in [5.74, 6) is -0.451. The minimum atomic E-state index is -0.451. The van der Waals surface area contributed by atoms with Gasteiger partial charge in [-0.2, -0.15) is 0 Å². The third-order valence-electron chi connectivity index (χ3n) is 5.42. The molecule has 0 aliphatic heterocycles. The van der Waals surface area contributed by atoms with E-state index in [1.165, 1.54) is 11.6 Å². The monoisotopic (exact) mass is 417 g/mol. The Kier molecular flexibility index (Phi) is 5.10. The van der Waals surface area contributed by atoms with Crippen LogP contribution < -0.4 is 11.2 Å². The summed E-state index contributed by atoms with van der Waals surface area (Å²) < 4.78 is 9.57. The second kappa shape index (κ2) is 7.75. The summed E-state index contributed by atoms with van der Waals surface area (Å²) in [6.45, 7) is 3.99. The van der Waals surface area contributed by atoms with E-state index in [-0.39, 0.29) is 12.2 Å². The van der Waals surface area contributed by atoms with E-state index < -0.39 is 11.7 Å². The predicted molar refractivity (Wildman–Crippen MR) is 120 cm³/mol. The molecule has 0 unspecified atom stereocenters. The molecule has 0 amide bonds. The number of aryl methyl sites for hydroxylation is 2. The SMILES string of the molecule is CCOC(=O)c1ccccc1-n1cc2c(c1-c1ccc(C)cc1)c(=O)n(C)c(=O)n2C. The number of nitrogens with zero attached hydrogens (tertiary/aromatic N) is 3. The summed E-state index contributed by atoms with van der Waals surface area (Å²) in [5, 5.41) is 0.409. The minimum Gasteiger partial charge on any atom is -0.462 e. The summed E-state index contributed by atoms with van der Waals surface area (Å²) in [5.41, 5.74) is 3.13. The average Bonchev–Trinajstić information content (AvgIpc) is 3.17. The van der Waals surface area contributed by atoms with E-state index in [9.17, 15) is 14.4 Å². The number of ether oxygens (including phenoxy) is 1. The summed E-state index contributed by atoms with van der Waals surface area (Å²) >= 11 is 0. The van der Waals surface area contributed by atoms with Gasteiger partial charge >= 0.3 is 11.7 Å². The highest BCUT2D eigenvalue weighted by Gasteiger charge is 2.23. The van der Waals surface area contributed by atoms with Crippen molar-refractivity contribution in [1.29, 1.82) is 0 Å². The Morgan fingerprint density at radius 1 is 0.968 bits per heavy atom. The van der Waals surface area contributed by atoms with Gasteiger partial charge in [0.2, 0.25) is 0 Å². The fraction of sp³-hybridized carbons (Fsp3) is 0.208. The van der Waals surface area contributed by atoms with Gasteiger partial charge in [0.1, 0.15) is 0 Å². The molecule has 7 nitrogen and oxygen atoms in total. The number of fused-ring (bicyclic) bond motifs is 1. The number of esters is 1. The molecule has 0 saturated carbocycles. The molecule has 0 spiro atoms. The van der Waals surface area contributed by atoms with Crippen LogP contribution in [0.1, 0.15) is 22.8 Å². The lowest BCUT2D eigenvalue weighted by atomic mass is 10.1. The van der Waals surface area contributed by atoms with Crippen LogP contribution in [0.5, 0.6) is 0 Å². The Bertz CT molecular complexity index is 1420. The Hall–Kier alpha value is -3.87. The van der Waals surface area contributed by atoms with Gasteiger partial charge in [-0.05, 0) is 31.5 Å². The lowest BCUT2D eigenvalue weighted by molar-refractivity contribution is 0.0526. The molecule has 4 aromatic rings. The molecule has 0 aliphatic carbocycles. The first-order valence-corrected chi connectivity index (χ1v) is 9.99. The van der Waals surface area contributed by atoms with Crippen LogP contribution in [0.2, 0.25) is 0 Å².